The van der Waals surface area contributed by atoms with Crippen molar-refractivity contribution in [1.82, 2.24) is 0 Å². The molecule has 0 amide bonds. The van der Waals surface area contributed by atoms with Gasteiger partial charge in [-0.1, -0.05) is 6.92 Å². The van der Waals surface area contributed by atoms with Crippen molar-refractivity contribution < 1.29 is 19.8 Å². The predicted molar refractivity (Wildman–Crippen MR) is 84.6 cm³/mol. The number of hydrogen-bond acceptors (Lipinski definition) is 3. The summed E-state index contributed by atoms with van der Waals surface area (Å²) >= 11 is 0. The molecule has 0 aromatic rings. The Kier molecular flexibility index (Phi) is 3.43. The molecular weight excluding hydrogens is 292 g/mol. The first kappa shape index (κ1) is 15.6. The maximum Gasteiger partial charge on any atom is 0.306 e. The predicted octanol–water partition coefficient (Wildman–Crippen LogP) is 2.88. The van der Waals surface area contributed by atoms with E-state index in [-0.39, 0.29) is 22.7 Å². The van der Waals surface area contributed by atoms with E-state index in [1.165, 1.54) is 6.29 Å². The molecule has 0 aliphatic heterocycles. The SMILES string of the molecule is CC12CC(O)CC(C(=O)O)C1CCC13CC(C=O)C(CCC12)C3. The Morgan fingerprint density at radius 1 is 1.17 bits per heavy atom. The quantitative estimate of drug-likeness (QED) is 0.767. The van der Waals surface area contributed by atoms with E-state index >= 15 is 0 Å². The van der Waals surface area contributed by atoms with E-state index in [0.717, 1.165) is 44.9 Å². The lowest BCUT2D eigenvalue weighted by Gasteiger charge is -2.61. The summed E-state index contributed by atoms with van der Waals surface area (Å²) in [5, 5.41) is 20.0. The topological polar surface area (TPSA) is 74.6 Å². The Balaban J connectivity index is 1.71. The van der Waals surface area contributed by atoms with Crippen LogP contribution in [0.4, 0.5) is 0 Å². The molecule has 4 fully saturated rings. The van der Waals surface area contributed by atoms with Crippen LogP contribution in [0.1, 0.15) is 58.3 Å². The number of aliphatic hydroxyl groups excluding tert-OH is 1. The van der Waals surface area contributed by atoms with Crippen LogP contribution in [0.5, 0.6) is 0 Å². The summed E-state index contributed by atoms with van der Waals surface area (Å²) < 4.78 is 0. The minimum Gasteiger partial charge on any atom is -0.481 e. The van der Waals surface area contributed by atoms with Gasteiger partial charge in [-0.2, -0.15) is 0 Å². The highest BCUT2D eigenvalue weighted by molar-refractivity contribution is 5.71. The Hall–Kier alpha value is -0.900. The second kappa shape index (κ2) is 5.05. The second-order valence-corrected chi connectivity index (χ2v) is 9.15. The highest BCUT2D eigenvalue weighted by Gasteiger charge is 2.64. The number of carboxylic acids is 1. The third-order valence-corrected chi connectivity index (χ3v) is 8.26. The lowest BCUT2D eigenvalue weighted by molar-refractivity contribution is -0.173. The molecule has 4 rings (SSSR count). The lowest BCUT2D eigenvalue weighted by Crippen LogP contribution is -2.57. The number of aliphatic hydroxyl groups is 1. The molecule has 128 valence electrons. The maximum absolute atomic E-state index is 11.8. The van der Waals surface area contributed by atoms with Crippen molar-refractivity contribution >= 4 is 12.3 Å². The summed E-state index contributed by atoms with van der Waals surface area (Å²) in [6.07, 6.45) is 8.24. The van der Waals surface area contributed by atoms with Gasteiger partial charge >= 0.3 is 5.97 Å². The van der Waals surface area contributed by atoms with Crippen molar-refractivity contribution in [2.24, 2.45) is 40.4 Å². The lowest BCUT2D eigenvalue weighted by atomic mass is 9.43. The normalized spacial score (nSPS) is 54.9. The highest BCUT2D eigenvalue weighted by Crippen LogP contribution is 2.70. The first-order valence-electron chi connectivity index (χ1n) is 9.26. The number of carboxylic acid groups (broad SMARTS) is 1. The number of fused-ring (bicyclic) bond motifs is 3. The van der Waals surface area contributed by atoms with Crippen LogP contribution in [0.3, 0.4) is 0 Å². The third-order valence-electron chi connectivity index (χ3n) is 8.26. The van der Waals surface area contributed by atoms with E-state index < -0.39 is 18.0 Å². The zero-order chi connectivity index (χ0) is 16.4. The molecule has 8 atom stereocenters. The smallest absolute Gasteiger partial charge is 0.306 e. The molecule has 1 spiro atoms. The van der Waals surface area contributed by atoms with Gasteiger partial charge in [0.2, 0.25) is 0 Å². The fourth-order valence-corrected chi connectivity index (χ4v) is 7.55. The van der Waals surface area contributed by atoms with E-state index in [2.05, 4.69) is 6.92 Å². The van der Waals surface area contributed by atoms with E-state index in [9.17, 15) is 19.8 Å². The van der Waals surface area contributed by atoms with Crippen molar-refractivity contribution in [3.63, 3.8) is 0 Å². The molecule has 0 heterocycles. The molecule has 2 bridgehead atoms. The van der Waals surface area contributed by atoms with Crippen LogP contribution in [0.2, 0.25) is 0 Å². The molecule has 4 heteroatoms. The monoisotopic (exact) mass is 320 g/mol. The van der Waals surface area contributed by atoms with Crippen molar-refractivity contribution in [3.05, 3.63) is 0 Å². The first-order valence-corrected chi connectivity index (χ1v) is 9.26. The van der Waals surface area contributed by atoms with Crippen molar-refractivity contribution in [2.45, 2.75) is 64.4 Å². The van der Waals surface area contributed by atoms with Gasteiger partial charge in [-0.05, 0) is 80.0 Å². The highest BCUT2D eigenvalue weighted by atomic mass is 16.4. The molecule has 4 aliphatic rings. The number of carbonyl (C=O) groups excluding carboxylic acids is 1. The molecule has 0 radical (unpaired) electrons. The molecule has 23 heavy (non-hydrogen) atoms. The Bertz CT molecular complexity index is 531. The number of rotatable bonds is 2. The van der Waals surface area contributed by atoms with Crippen LogP contribution in [-0.2, 0) is 9.59 Å². The Morgan fingerprint density at radius 2 is 1.96 bits per heavy atom. The summed E-state index contributed by atoms with van der Waals surface area (Å²) in [7, 11) is 0. The minimum atomic E-state index is -0.734. The molecular formula is C19H28O4. The summed E-state index contributed by atoms with van der Waals surface area (Å²) in [6.45, 7) is 2.25. The average Bonchev–Trinajstić information content (AvgIpc) is 2.76. The fourth-order valence-electron chi connectivity index (χ4n) is 7.55. The van der Waals surface area contributed by atoms with Crippen LogP contribution in [-0.4, -0.2) is 28.6 Å². The van der Waals surface area contributed by atoms with E-state index in [4.69, 9.17) is 0 Å². The van der Waals surface area contributed by atoms with Crippen LogP contribution in [0, 0.1) is 40.4 Å². The zero-order valence-corrected chi connectivity index (χ0v) is 13.9. The van der Waals surface area contributed by atoms with Gasteiger partial charge in [0.25, 0.3) is 0 Å². The first-order chi connectivity index (χ1) is 10.9. The van der Waals surface area contributed by atoms with Crippen LogP contribution in [0.25, 0.3) is 0 Å². The average molecular weight is 320 g/mol. The van der Waals surface area contributed by atoms with E-state index in [1.807, 2.05) is 0 Å². The summed E-state index contributed by atoms with van der Waals surface area (Å²) in [5.41, 5.74) is 0.154. The van der Waals surface area contributed by atoms with Crippen molar-refractivity contribution in [2.75, 3.05) is 0 Å². The third kappa shape index (κ3) is 2.06. The standard InChI is InChI=1S/C19H28O4/c1-18-9-13(21)6-14(17(22)23)15(18)4-5-19-7-11(2-3-16(18)19)12(8-19)10-20/h10-16,21H,2-9H2,1H3,(H,22,23). The molecule has 2 N–H and O–H groups in total. The molecule has 8 unspecified atom stereocenters. The Labute approximate surface area is 137 Å². The number of hydrogen-bond donors (Lipinski definition) is 2. The van der Waals surface area contributed by atoms with Crippen molar-refractivity contribution in [1.29, 1.82) is 0 Å². The van der Waals surface area contributed by atoms with Gasteiger partial charge in [0.1, 0.15) is 6.29 Å². The van der Waals surface area contributed by atoms with Gasteiger partial charge in [0, 0.05) is 5.92 Å². The molecule has 0 saturated heterocycles. The Morgan fingerprint density at radius 3 is 2.65 bits per heavy atom. The van der Waals surface area contributed by atoms with Gasteiger partial charge in [-0.25, -0.2) is 0 Å². The van der Waals surface area contributed by atoms with Gasteiger partial charge in [-0.3, -0.25) is 4.79 Å². The van der Waals surface area contributed by atoms with Crippen molar-refractivity contribution in [3.8, 4) is 0 Å². The van der Waals surface area contributed by atoms with Gasteiger partial charge in [0.05, 0.1) is 12.0 Å². The maximum atomic E-state index is 11.8. The summed E-state index contributed by atoms with van der Waals surface area (Å²) in [4.78, 5) is 23.2. The van der Waals surface area contributed by atoms with Crippen LogP contribution >= 0.6 is 0 Å². The molecule has 4 saturated carbocycles. The van der Waals surface area contributed by atoms with E-state index in [1.54, 1.807) is 0 Å². The molecule has 0 aromatic carbocycles. The van der Waals surface area contributed by atoms with Gasteiger partial charge in [0.15, 0.2) is 0 Å². The largest absolute Gasteiger partial charge is 0.481 e. The van der Waals surface area contributed by atoms with Crippen LogP contribution < -0.4 is 0 Å². The minimum absolute atomic E-state index is 0.0816. The summed E-state index contributed by atoms with van der Waals surface area (Å²) in [6, 6.07) is 0. The molecule has 4 nitrogen and oxygen atoms in total. The number of aldehydes is 1. The number of aliphatic carboxylic acids is 1. The molecule has 4 aliphatic carbocycles. The van der Waals surface area contributed by atoms with E-state index in [0.29, 0.717) is 18.3 Å². The zero-order valence-electron chi connectivity index (χ0n) is 13.9. The second-order valence-electron chi connectivity index (χ2n) is 9.15. The van der Waals surface area contributed by atoms with Crippen LogP contribution in [0.15, 0.2) is 0 Å². The van der Waals surface area contributed by atoms with Gasteiger partial charge in [-0.15, -0.1) is 0 Å². The summed E-state index contributed by atoms with van der Waals surface area (Å²) in [5.74, 6) is 0.290. The number of carbonyl (C=O) groups is 2. The fraction of sp³-hybridized carbons (Fsp3) is 0.895. The van der Waals surface area contributed by atoms with Gasteiger partial charge < -0.3 is 15.0 Å². The molecule has 0 aromatic heterocycles.